The van der Waals surface area contributed by atoms with Crippen molar-refractivity contribution in [3.8, 4) is 0 Å². The van der Waals surface area contributed by atoms with Crippen molar-refractivity contribution in [1.29, 1.82) is 0 Å². The minimum Gasteiger partial charge on any atom is -0.393 e. The Bertz CT molecular complexity index is 241. The summed E-state index contributed by atoms with van der Waals surface area (Å²) in [6.45, 7) is 2.51. The number of allylic oxidation sites excluding steroid dienone is 2. The number of aliphatic imine (C=N–C) groups is 1. The average molecular weight is 180 g/mol. The van der Waals surface area contributed by atoms with Gasteiger partial charge in [-0.3, -0.25) is 4.99 Å². The van der Waals surface area contributed by atoms with Crippen LogP contribution < -0.4 is 0 Å². The normalized spacial score (nSPS) is 19.3. The minimum absolute atomic E-state index is 0.268. The number of rotatable bonds is 3. The molecule has 0 saturated carbocycles. The molecule has 1 heterocycles. The van der Waals surface area contributed by atoms with Gasteiger partial charge >= 0.3 is 0 Å². The molecular weight excluding hydrogens is 164 g/mol. The van der Waals surface area contributed by atoms with Crippen LogP contribution in [0.5, 0.6) is 0 Å². The van der Waals surface area contributed by atoms with Crippen LogP contribution in [-0.4, -0.2) is 36.0 Å². The third-order valence-corrected chi connectivity index (χ3v) is 1.70. The highest BCUT2D eigenvalue weighted by atomic mass is 16.3. The summed E-state index contributed by atoms with van der Waals surface area (Å²) in [5.41, 5.74) is 1.08. The molecule has 0 aliphatic carbocycles. The predicted molar refractivity (Wildman–Crippen MR) is 54.6 cm³/mol. The standard InChI is InChI=1S/C10H16N2O/c1-9(13)4-3-5-10-6-11-8-12(2)7-10/h3,5-7,9,13H,4,8H2,1-2H3. The lowest BCUT2D eigenvalue weighted by Crippen LogP contribution is -2.15. The van der Waals surface area contributed by atoms with Gasteiger partial charge in [-0.25, -0.2) is 0 Å². The van der Waals surface area contributed by atoms with Crippen LogP contribution >= 0.6 is 0 Å². The SMILES string of the molecule is CC(O)CC=CC1=CN(C)CN=C1. The summed E-state index contributed by atoms with van der Waals surface area (Å²) in [6.07, 6.45) is 8.24. The van der Waals surface area contributed by atoms with Crippen LogP contribution in [0.3, 0.4) is 0 Å². The fourth-order valence-corrected chi connectivity index (χ4v) is 1.09. The Morgan fingerprint density at radius 1 is 1.77 bits per heavy atom. The van der Waals surface area contributed by atoms with E-state index in [1.807, 2.05) is 36.5 Å². The second-order valence-electron chi connectivity index (χ2n) is 3.33. The largest absolute Gasteiger partial charge is 0.393 e. The van der Waals surface area contributed by atoms with E-state index in [0.29, 0.717) is 6.42 Å². The predicted octanol–water partition coefficient (Wildman–Crippen LogP) is 1.17. The summed E-state index contributed by atoms with van der Waals surface area (Å²) in [5.74, 6) is 0. The molecule has 0 amide bonds. The maximum Gasteiger partial charge on any atom is 0.109 e. The fourth-order valence-electron chi connectivity index (χ4n) is 1.09. The van der Waals surface area contributed by atoms with Gasteiger partial charge in [-0.15, -0.1) is 0 Å². The molecule has 0 spiro atoms. The molecule has 13 heavy (non-hydrogen) atoms. The van der Waals surface area contributed by atoms with E-state index in [1.54, 1.807) is 6.92 Å². The van der Waals surface area contributed by atoms with Crippen molar-refractivity contribution < 1.29 is 5.11 Å². The summed E-state index contributed by atoms with van der Waals surface area (Å²) in [6, 6.07) is 0. The second-order valence-corrected chi connectivity index (χ2v) is 3.33. The van der Waals surface area contributed by atoms with E-state index < -0.39 is 0 Å². The zero-order chi connectivity index (χ0) is 9.68. The third-order valence-electron chi connectivity index (χ3n) is 1.70. The van der Waals surface area contributed by atoms with Gasteiger partial charge in [0.15, 0.2) is 0 Å². The molecule has 3 nitrogen and oxygen atoms in total. The Kier molecular flexibility index (Phi) is 3.71. The van der Waals surface area contributed by atoms with Gasteiger partial charge in [0.2, 0.25) is 0 Å². The van der Waals surface area contributed by atoms with Crippen LogP contribution in [0.4, 0.5) is 0 Å². The van der Waals surface area contributed by atoms with Crippen LogP contribution in [0.25, 0.3) is 0 Å². The Labute approximate surface area is 79.1 Å². The maximum atomic E-state index is 9.02. The summed E-state index contributed by atoms with van der Waals surface area (Å²) in [5, 5.41) is 9.02. The van der Waals surface area contributed by atoms with E-state index in [2.05, 4.69) is 4.99 Å². The van der Waals surface area contributed by atoms with E-state index in [-0.39, 0.29) is 6.10 Å². The molecule has 1 rings (SSSR count). The van der Waals surface area contributed by atoms with Crippen molar-refractivity contribution in [3.63, 3.8) is 0 Å². The first-order chi connectivity index (χ1) is 6.18. The molecule has 0 fully saturated rings. The van der Waals surface area contributed by atoms with E-state index in [4.69, 9.17) is 5.11 Å². The van der Waals surface area contributed by atoms with Crippen molar-refractivity contribution in [3.05, 3.63) is 23.9 Å². The molecule has 0 bridgehead atoms. The molecule has 1 atom stereocenters. The van der Waals surface area contributed by atoms with Crippen molar-refractivity contribution in [2.24, 2.45) is 4.99 Å². The van der Waals surface area contributed by atoms with Gasteiger partial charge in [-0.1, -0.05) is 12.2 Å². The van der Waals surface area contributed by atoms with Crippen LogP contribution in [0.1, 0.15) is 13.3 Å². The van der Waals surface area contributed by atoms with Gasteiger partial charge in [0.1, 0.15) is 6.67 Å². The Hall–Kier alpha value is -1.09. The number of aliphatic hydroxyl groups is 1. The van der Waals surface area contributed by atoms with Crippen molar-refractivity contribution in [2.45, 2.75) is 19.4 Å². The molecule has 1 aliphatic rings. The van der Waals surface area contributed by atoms with Crippen LogP contribution in [0, 0.1) is 0 Å². The minimum atomic E-state index is -0.268. The quantitative estimate of drug-likeness (QED) is 0.707. The Morgan fingerprint density at radius 3 is 3.15 bits per heavy atom. The molecule has 1 N–H and O–H groups in total. The Morgan fingerprint density at radius 2 is 2.54 bits per heavy atom. The lowest BCUT2D eigenvalue weighted by molar-refractivity contribution is 0.198. The highest BCUT2D eigenvalue weighted by Crippen LogP contribution is 2.03. The molecule has 0 saturated heterocycles. The first-order valence-corrected chi connectivity index (χ1v) is 4.45. The van der Waals surface area contributed by atoms with Crippen molar-refractivity contribution in [1.82, 2.24) is 4.90 Å². The summed E-state index contributed by atoms with van der Waals surface area (Å²) in [7, 11) is 1.99. The van der Waals surface area contributed by atoms with Gasteiger partial charge in [-0.2, -0.15) is 0 Å². The van der Waals surface area contributed by atoms with Gasteiger partial charge in [-0.05, 0) is 13.3 Å². The third kappa shape index (κ3) is 3.90. The molecule has 72 valence electrons. The zero-order valence-corrected chi connectivity index (χ0v) is 8.14. The molecule has 0 aromatic heterocycles. The summed E-state index contributed by atoms with van der Waals surface area (Å²) < 4.78 is 0. The first-order valence-electron chi connectivity index (χ1n) is 4.45. The van der Waals surface area contributed by atoms with Crippen LogP contribution in [0.2, 0.25) is 0 Å². The molecule has 0 aromatic carbocycles. The van der Waals surface area contributed by atoms with Crippen molar-refractivity contribution >= 4 is 6.21 Å². The highest BCUT2D eigenvalue weighted by molar-refractivity contribution is 5.82. The van der Waals surface area contributed by atoms with Gasteiger partial charge < -0.3 is 10.0 Å². The fraction of sp³-hybridized carbons (Fsp3) is 0.500. The van der Waals surface area contributed by atoms with Gasteiger partial charge in [0, 0.05) is 25.0 Å². The molecule has 0 radical (unpaired) electrons. The first kappa shape index (κ1) is 9.99. The monoisotopic (exact) mass is 180 g/mol. The lowest BCUT2D eigenvalue weighted by atomic mass is 10.2. The van der Waals surface area contributed by atoms with Gasteiger partial charge in [0.25, 0.3) is 0 Å². The van der Waals surface area contributed by atoms with E-state index in [1.165, 1.54) is 0 Å². The van der Waals surface area contributed by atoms with Crippen molar-refractivity contribution in [2.75, 3.05) is 13.7 Å². The van der Waals surface area contributed by atoms with Crippen LogP contribution in [0.15, 0.2) is 28.9 Å². The molecular formula is C10H16N2O. The highest BCUT2D eigenvalue weighted by Gasteiger charge is 1.97. The van der Waals surface area contributed by atoms with Crippen LogP contribution in [-0.2, 0) is 0 Å². The number of nitrogens with zero attached hydrogens (tertiary/aromatic N) is 2. The molecule has 0 aromatic rings. The number of hydrogen-bond acceptors (Lipinski definition) is 3. The smallest absolute Gasteiger partial charge is 0.109 e. The average Bonchev–Trinajstić information content (AvgIpc) is 2.03. The number of aliphatic hydroxyl groups excluding tert-OH is 1. The maximum absolute atomic E-state index is 9.02. The topological polar surface area (TPSA) is 35.8 Å². The van der Waals surface area contributed by atoms with Gasteiger partial charge in [0.05, 0.1) is 6.10 Å². The van der Waals surface area contributed by atoms with E-state index >= 15 is 0 Å². The second kappa shape index (κ2) is 4.82. The lowest BCUT2D eigenvalue weighted by Gasteiger charge is -2.15. The number of hydrogen-bond donors (Lipinski definition) is 1. The molecule has 3 heteroatoms. The zero-order valence-electron chi connectivity index (χ0n) is 8.14. The molecule has 1 unspecified atom stereocenters. The Balaban J connectivity index is 2.44. The summed E-state index contributed by atoms with van der Waals surface area (Å²) in [4.78, 5) is 6.17. The summed E-state index contributed by atoms with van der Waals surface area (Å²) >= 11 is 0. The van der Waals surface area contributed by atoms with E-state index in [0.717, 1.165) is 12.2 Å². The molecule has 1 aliphatic heterocycles. The van der Waals surface area contributed by atoms with E-state index in [9.17, 15) is 0 Å².